The Bertz CT molecular complexity index is 110. The largest absolute Gasteiger partial charge is 0.393 e. The van der Waals surface area contributed by atoms with Gasteiger partial charge in [0.25, 0.3) is 0 Å². The van der Waals surface area contributed by atoms with Gasteiger partial charge in [-0.05, 0) is 32.2 Å². The highest BCUT2D eigenvalue weighted by Gasteiger charge is 2.15. The van der Waals surface area contributed by atoms with E-state index in [4.69, 9.17) is 0 Å². The van der Waals surface area contributed by atoms with Crippen molar-refractivity contribution in [2.45, 2.75) is 57.6 Å². The molecule has 1 aliphatic rings. The van der Waals surface area contributed by atoms with E-state index in [2.05, 4.69) is 12.2 Å². The normalized spacial score (nSPS) is 27.0. The summed E-state index contributed by atoms with van der Waals surface area (Å²) in [6, 6.07) is 0.584. The first-order valence-electron chi connectivity index (χ1n) is 5.24. The molecule has 0 aromatic rings. The van der Waals surface area contributed by atoms with Gasteiger partial charge in [0.05, 0.1) is 6.10 Å². The molecule has 0 spiro atoms. The summed E-state index contributed by atoms with van der Waals surface area (Å²) >= 11 is 0. The smallest absolute Gasteiger partial charge is 0.0555 e. The maximum absolute atomic E-state index is 9.56. The van der Waals surface area contributed by atoms with Gasteiger partial charge in [0.2, 0.25) is 0 Å². The average Bonchev–Trinajstić information content (AvgIpc) is 2.06. The quantitative estimate of drug-likeness (QED) is 0.674. The van der Waals surface area contributed by atoms with E-state index in [0.29, 0.717) is 6.04 Å². The van der Waals surface area contributed by atoms with Gasteiger partial charge in [0.15, 0.2) is 0 Å². The second kappa shape index (κ2) is 5.55. The molecule has 0 radical (unpaired) electrons. The molecule has 1 fully saturated rings. The Kier molecular flexibility index (Phi) is 4.62. The van der Waals surface area contributed by atoms with E-state index in [1.165, 1.54) is 19.3 Å². The molecule has 1 saturated heterocycles. The molecule has 2 N–H and O–H groups in total. The monoisotopic (exact) mass is 171 g/mol. The fraction of sp³-hybridized carbons (Fsp3) is 1.00. The lowest BCUT2D eigenvalue weighted by atomic mass is 9.98. The Hall–Kier alpha value is -0.0800. The number of aliphatic hydroxyl groups excluding tert-OH is 1. The molecule has 0 aromatic heterocycles. The molecule has 0 saturated carbocycles. The fourth-order valence-corrected chi connectivity index (χ4v) is 1.90. The number of rotatable bonds is 4. The molecule has 0 unspecified atom stereocenters. The van der Waals surface area contributed by atoms with Gasteiger partial charge in [-0.3, -0.25) is 0 Å². The molecule has 0 bridgehead atoms. The van der Waals surface area contributed by atoms with Gasteiger partial charge in [-0.1, -0.05) is 19.8 Å². The van der Waals surface area contributed by atoms with E-state index < -0.39 is 0 Å². The summed E-state index contributed by atoms with van der Waals surface area (Å²) in [4.78, 5) is 0. The van der Waals surface area contributed by atoms with E-state index >= 15 is 0 Å². The van der Waals surface area contributed by atoms with Crippen molar-refractivity contribution in [1.29, 1.82) is 0 Å². The van der Waals surface area contributed by atoms with Gasteiger partial charge >= 0.3 is 0 Å². The van der Waals surface area contributed by atoms with Crippen LogP contribution in [0, 0.1) is 0 Å². The van der Waals surface area contributed by atoms with Crippen LogP contribution in [0.4, 0.5) is 0 Å². The van der Waals surface area contributed by atoms with Crippen LogP contribution in [-0.4, -0.2) is 23.8 Å². The van der Waals surface area contributed by atoms with Crippen molar-refractivity contribution >= 4 is 0 Å². The Morgan fingerprint density at radius 1 is 1.50 bits per heavy atom. The van der Waals surface area contributed by atoms with Crippen LogP contribution < -0.4 is 5.32 Å². The standard InChI is InChI=1S/C10H21NO/c1-2-5-10(12)8-9-6-3-4-7-11-9/h9-12H,2-8H2,1H3/t9-,10+/m0/s1. The van der Waals surface area contributed by atoms with Crippen molar-refractivity contribution in [3.8, 4) is 0 Å². The molecule has 2 atom stereocenters. The zero-order chi connectivity index (χ0) is 8.81. The predicted octanol–water partition coefficient (Wildman–Crippen LogP) is 1.68. The molecule has 1 rings (SSSR count). The number of piperidine rings is 1. The van der Waals surface area contributed by atoms with Crippen molar-refractivity contribution in [3.05, 3.63) is 0 Å². The van der Waals surface area contributed by atoms with E-state index in [1.807, 2.05) is 0 Å². The molecule has 72 valence electrons. The zero-order valence-corrected chi connectivity index (χ0v) is 8.05. The topological polar surface area (TPSA) is 32.3 Å². The lowest BCUT2D eigenvalue weighted by molar-refractivity contribution is 0.133. The first-order chi connectivity index (χ1) is 5.83. The van der Waals surface area contributed by atoms with Crippen LogP contribution in [0.3, 0.4) is 0 Å². The highest BCUT2D eigenvalue weighted by molar-refractivity contribution is 4.74. The van der Waals surface area contributed by atoms with Crippen LogP contribution >= 0.6 is 0 Å². The summed E-state index contributed by atoms with van der Waals surface area (Å²) in [6.45, 7) is 3.26. The van der Waals surface area contributed by atoms with Crippen molar-refractivity contribution < 1.29 is 5.11 Å². The maximum atomic E-state index is 9.56. The van der Waals surface area contributed by atoms with Crippen LogP contribution in [0.5, 0.6) is 0 Å². The number of nitrogens with one attached hydrogen (secondary N) is 1. The third-order valence-electron chi connectivity index (χ3n) is 2.59. The van der Waals surface area contributed by atoms with E-state index in [9.17, 15) is 5.11 Å². The first kappa shape index (κ1) is 10.0. The summed E-state index contributed by atoms with van der Waals surface area (Å²) in [5.41, 5.74) is 0. The van der Waals surface area contributed by atoms with E-state index in [0.717, 1.165) is 25.8 Å². The SMILES string of the molecule is CCC[C@@H](O)C[C@@H]1CCCCN1. The molecular weight excluding hydrogens is 150 g/mol. The minimum atomic E-state index is -0.0781. The summed E-state index contributed by atoms with van der Waals surface area (Å²) < 4.78 is 0. The van der Waals surface area contributed by atoms with Gasteiger partial charge in [-0.25, -0.2) is 0 Å². The highest BCUT2D eigenvalue weighted by Crippen LogP contribution is 2.13. The van der Waals surface area contributed by atoms with Gasteiger partial charge in [-0.15, -0.1) is 0 Å². The van der Waals surface area contributed by atoms with Crippen molar-refractivity contribution in [2.24, 2.45) is 0 Å². The molecular formula is C10H21NO. The van der Waals surface area contributed by atoms with Gasteiger partial charge in [0.1, 0.15) is 0 Å². The number of hydrogen-bond acceptors (Lipinski definition) is 2. The summed E-state index contributed by atoms with van der Waals surface area (Å²) in [5, 5.41) is 13.0. The molecule has 0 amide bonds. The first-order valence-corrected chi connectivity index (χ1v) is 5.24. The summed E-state index contributed by atoms with van der Waals surface area (Å²) in [6.07, 6.45) is 6.81. The third-order valence-corrected chi connectivity index (χ3v) is 2.59. The number of aliphatic hydroxyl groups is 1. The van der Waals surface area contributed by atoms with Crippen LogP contribution in [0.1, 0.15) is 45.4 Å². The predicted molar refractivity (Wildman–Crippen MR) is 51.2 cm³/mol. The minimum absolute atomic E-state index is 0.0781. The van der Waals surface area contributed by atoms with Gasteiger partial charge in [0, 0.05) is 6.04 Å². The second-order valence-electron chi connectivity index (χ2n) is 3.83. The van der Waals surface area contributed by atoms with Crippen LogP contribution in [0.2, 0.25) is 0 Å². The Morgan fingerprint density at radius 3 is 2.92 bits per heavy atom. The second-order valence-corrected chi connectivity index (χ2v) is 3.83. The molecule has 0 aliphatic carbocycles. The van der Waals surface area contributed by atoms with Gasteiger partial charge < -0.3 is 10.4 Å². The lowest BCUT2D eigenvalue weighted by Crippen LogP contribution is -2.36. The van der Waals surface area contributed by atoms with Crippen molar-refractivity contribution in [3.63, 3.8) is 0 Å². The zero-order valence-electron chi connectivity index (χ0n) is 8.05. The molecule has 2 heteroatoms. The molecule has 2 nitrogen and oxygen atoms in total. The maximum Gasteiger partial charge on any atom is 0.0555 e. The summed E-state index contributed by atoms with van der Waals surface area (Å²) in [7, 11) is 0. The van der Waals surface area contributed by atoms with E-state index in [-0.39, 0.29) is 6.10 Å². The van der Waals surface area contributed by atoms with Crippen molar-refractivity contribution in [1.82, 2.24) is 5.32 Å². The molecule has 1 aliphatic heterocycles. The average molecular weight is 171 g/mol. The Morgan fingerprint density at radius 2 is 2.33 bits per heavy atom. The molecule has 1 heterocycles. The van der Waals surface area contributed by atoms with Crippen LogP contribution in [-0.2, 0) is 0 Å². The van der Waals surface area contributed by atoms with Crippen LogP contribution in [0.15, 0.2) is 0 Å². The minimum Gasteiger partial charge on any atom is -0.393 e. The van der Waals surface area contributed by atoms with Gasteiger partial charge in [-0.2, -0.15) is 0 Å². The van der Waals surface area contributed by atoms with E-state index in [1.54, 1.807) is 0 Å². The third kappa shape index (κ3) is 3.55. The molecule has 12 heavy (non-hydrogen) atoms. The fourth-order valence-electron chi connectivity index (χ4n) is 1.90. The van der Waals surface area contributed by atoms with Crippen molar-refractivity contribution in [2.75, 3.05) is 6.54 Å². The highest BCUT2D eigenvalue weighted by atomic mass is 16.3. The Labute approximate surface area is 75.4 Å². The lowest BCUT2D eigenvalue weighted by Gasteiger charge is -2.25. The summed E-state index contributed by atoms with van der Waals surface area (Å²) in [5.74, 6) is 0. The number of hydrogen-bond donors (Lipinski definition) is 2. The van der Waals surface area contributed by atoms with Crippen LogP contribution in [0.25, 0.3) is 0 Å². The molecule has 0 aromatic carbocycles. The Balaban J connectivity index is 2.11.